The predicted octanol–water partition coefficient (Wildman–Crippen LogP) is 6.60. The Balaban J connectivity index is 1.25. The van der Waals surface area contributed by atoms with Crippen LogP contribution >= 0.6 is 0 Å². The van der Waals surface area contributed by atoms with Crippen LogP contribution in [-0.2, 0) is 9.59 Å². The van der Waals surface area contributed by atoms with Crippen LogP contribution < -0.4 is 19.5 Å². The Kier molecular flexibility index (Phi) is 6.95. The van der Waals surface area contributed by atoms with Gasteiger partial charge in [-0.1, -0.05) is 29.8 Å². The number of methoxy groups -OCH3 is 1. The molecule has 0 fully saturated rings. The summed E-state index contributed by atoms with van der Waals surface area (Å²) in [5, 5.41) is 4.65. The molecule has 0 unspecified atom stereocenters. The first kappa shape index (κ1) is 25.6. The molecule has 0 amide bonds. The molecule has 6 rings (SSSR count). The summed E-state index contributed by atoms with van der Waals surface area (Å²) in [7, 11) is 1.54. The van der Waals surface area contributed by atoms with E-state index in [0.29, 0.717) is 23.7 Å². The summed E-state index contributed by atoms with van der Waals surface area (Å²) >= 11 is 0. The van der Waals surface area contributed by atoms with Gasteiger partial charge in [-0.05, 0) is 73.4 Å². The van der Waals surface area contributed by atoms with Crippen LogP contribution in [0.4, 0.5) is 5.69 Å². The van der Waals surface area contributed by atoms with Gasteiger partial charge >= 0.3 is 5.97 Å². The van der Waals surface area contributed by atoms with E-state index in [1.165, 1.54) is 7.11 Å². The highest BCUT2D eigenvalue weighted by Crippen LogP contribution is 2.48. The summed E-state index contributed by atoms with van der Waals surface area (Å²) in [5.41, 5.74) is 6.81. The van der Waals surface area contributed by atoms with Crippen molar-refractivity contribution in [1.82, 2.24) is 4.98 Å². The van der Waals surface area contributed by atoms with Crippen LogP contribution in [0.3, 0.4) is 0 Å². The zero-order chi connectivity index (χ0) is 27.6. The zero-order valence-corrected chi connectivity index (χ0v) is 22.5. The number of fused-ring (bicyclic) bond motifs is 4. The van der Waals surface area contributed by atoms with E-state index >= 15 is 0 Å². The van der Waals surface area contributed by atoms with E-state index < -0.39 is 5.97 Å². The van der Waals surface area contributed by atoms with Gasteiger partial charge in [-0.3, -0.25) is 14.6 Å². The number of carbonyl (C=O) groups is 2. The number of ether oxygens (including phenoxy) is 3. The zero-order valence-electron chi connectivity index (χ0n) is 22.5. The Morgan fingerprint density at radius 3 is 2.70 bits per heavy atom. The maximum atomic E-state index is 13.3. The fraction of sp³-hybridized carbons (Fsp3) is 0.242. The van der Waals surface area contributed by atoms with E-state index in [0.717, 1.165) is 57.3 Å². The van der Waals surface area contributed by atoms with Gasteiger partial charge in [0.05, 0.1) is 31.7 Å². The standard InChI is InChI=1S/C33H30N2O5/c1-20-8-11-22(12-9-20)39-18-16-30(37)40-28-15-10-21(19-29(28)38-2)33-32-24(5-3-7-27(32)36)31-23-6-4-17-34-25(23)13-14-26(31)35-33/h4,6,8-15,17,19,33,35H,3,5,7,16,18H2,1-2H3/t33-/m0/s1. The Morgan fingerprint density at radius 1 is 1.02 bits per heavy atom. The summed E-state index contributed by atoms with van der Waals surface area (Å²) in [4.78, 5) is 30.4. The normalized spacial score (nSPS) is 16.1. The van der Waals surface area contributed by atoms with Gasteiger partial charge in [0.1, 0.15) is 5.75 Å². The molecule has 2 heterocycles. The third kappa shape index (κ3) is 4.91. The van der Waals surface area contributed by atoms with E-state index in [-0.39, 0.29) is 24.9 Å². The number of aryl methyl sites for hydroxylation is 1. The highest BCUT2D eigenvalue weighted by atomic mass is 16.6. The average molecular weight is 535 g/mol. The number of rotatable bonds is 7. The van der Waals surface area contributed by atoms with Crippen molar-refractivity contribution in [2.75, 3.05) is 19.0 Å². The number of allylic oxidation sites excluding steroid dienone is 1. The molecule has 0 bridgehead atoms. The first-order valence-corrected chi connectivity index (χ1v) is 13.5. The molecular weight excluding hydrogens is 504 g/mol. The topological polar surface area (TPSA) is 86.8 Å². The molecule has 0 radical (unpaired) electrons. The number of esters is 1. The van der Waals surface area contributed by atoms with Crippen molar-refractivity contribution >= 4 is 33.9 Å². The molecule has 0 saturated carbocycles. The van der Waals surface area contributed by atoms with E-state index in [4.69, 9.17) is 14.2 Å². The van der Waals surface area contributed by atoms with E-state index in [9.17, 15) is 9.59 Å². The fourth-order valence-electron chi connectivity index (χ4n) is 5.54. The summed E-state index contributed by atoms with van der Waals surface area (Å²) in [6.45, 7) is 2.21. The number of hydrogen-bond donors (Lipinski definition) is 1. The van der Waals surface area contributed by atoms with E-state index in [2.05, 4.69) is 16.4 Å². The maximum absolute atomic E-state index is 13.3. The number of benzene rings is 3. The number of ketones is 1. The Morgan fingerprint density at radius 2 is 1.88 bits per heavy atom. The number of anilines is 1. The highest BCUT2D eigenvalue weighted by molar-refractivity contribution is 6.12. The number of nitrogens with one attached hydrogen (secondary N) is 1. The van der Waals surface area contributed by atoms with Gasteiger partial charge in [-0.25, -0.2) is 0 Å². The summed E-state index contributed by atoms with van der Waals surface area (Å²) < 4.78 is 16.9. The molecule has 3 aromatic carbocycles. The number of hydrogen-bond acceptors (Lipinski definition) is 7. The minimum atomic E-state index is -0.421. The van der Waals surface area contributed by atoms with Gasteiger partial charge in [0, 0.05) is 34.8 Å². The first-order chi connectivity index (χ1) is 19.5. The minimum Gasteiger partial charge on any atom is -0.493 e. The van der Waals surface area contributed by atoms with Crippen LogP contribution in [0.5, 0.6) is 17.2 Å². The number of carbonyl (C=O) groups excluding carboxylic acids is 2. The molecule has 0 saturated heterocycles. The smallest absolute Gasteiger partial charge is 0.314 e. The molecule has 1 aromatic heterocycles. The molecule has 0 spiro atoms. The molecule has 1 aliphatic heterocycles. The largest absolute Gasteiger partial charge is 0.493 e. The van der Waals surface area contributed by atoms with Crippen molar-refractivity contribution in [2.45, 2.75) is 38.6 Å². The van der Waals surface area contributed by atoms with Crippen LogP contribution in [0.25, 0.3) is 16.5 Å². The quantitative estimate of drug-likeness (QED) is 0.211. The van der Waals surface area contributed by atoms with E-state index in [1.807, 2.05) is 61.5 Å². The van der Waals surface area contributed by atoms with Gasteiger partial charge in [0.15, 0.2) is 17.3 Å². The fourth-order valence-corrected chi connectivity index (χ4v) is 5.54. The second-order valence-electron chi connectivity index (χ2n) is 10.1. The molecule has 202 valence electrons. The number of nitrogens with zero attached hydrogens (tertiary/aromatic N) is 1. The molecule has 4 aromatic rings. The van der Waals surface area contributed by atoms with Gasteiger partial charge in [-0.15, -0.1) is 0 Å². The van der Waals surface area contributed by atoms with Crippen LogP contribution in [0.1, 0.15) is 48.4 Å². The molecule has 7 nitrogen and oxygen atoms in total. The lowest BCUT2D eigenvalue weighted by atomic mass is 9.77. The van der Waals surface area contributed by atoms with Gasteiger partial charge < -0.3 is 19.5 Å². The molecule has 1 N–H and O–H groups in total. The Labute approximate surface area is 232 Å². The number of pyridine rings is 1. The van der Waals surface area contributed by atoms with Crippen LogP contribution in [-0.4, -0.2) is 30.5 Å². The molecule has 1 atom stereocenters. The first-order valence-electron chi connectivity index (χ1n) is 13.5. The molecule has 2 aliphatic rings. The second-order valence-corrected chi connectivity index (χ2v) is 10.1. The van der Waals surface area contributed by atoms with E-state index in [1.54, 1.807) is 12.3 Å². The van der Waals surface area contributed by atoms with Crippen molar-refractivity contribution in [1.29, 1.82) is 0 Å². The monoisotopic (exact) mass is 534 g/mol. The third-order valence-electron chi connectivity index (χ3n) is 7.47. The Bertz CT molecular complexity index is 1640. The third-order valence-corrected chi connectivity index (χ3v) is 7.47. The number of Topliss-reactive ketones (excluding diaryl/α,β-unsaturated/α-hetero) is 1. The minimum absolute atomic E-state index is 0.0906. The lowest BCUT2D eigenvalue weighted by Crippen LogP contribution is -2.27. The highest BCUT2D eigenvalue weighted by Gasteiger charge is 2.35. The van der Waals surface area contributed by atoms with Gasteiger partial charge in [0.2, 0.25) is 0 Å². The predicted molar refractivity (Wildman–Crippen MR) is 154 cm³/mol. The second kappa shape index (κ2) is 10.8. The maximum Gasteiger partial charge on any atom is 0.314 e. The number of aromatic nitrogens is 1. The van der Waals surface area contributed by atoms with Crippen LogP contribution in [0.15, 0.2) is 78.5 Å². The molecule has 40 heavy (non-hydrogen) atoms. The molecule has 7 heteroatoms. The summed E-state index contributed by atoms with van der Waals surface area (Å²) in [5.74, 6) is 1.18. The Hall–Kier alpha value is -4.65. The lowest BCUT2D eigenvalue weighted by molar-refractivity contribution is -0.135. The van der Waals surface area contributed by atoms with Crippen molar-refractivity contribution in [3.8, 4) is 17.2 Å². The average Bonchev–Trinajstić information content (AvgIpc) is 2.98. The van der Waals surface area contributed by atoms with Crippen LogP contribution in [0.2, 0.25) is 0 Å². The van der Waals surface area contributed by atoms with Crippen molar-refractivity contribution in [3.05, 3.63) is 95.2 Å². The lowest BCUT2D eigenvalue weighted by Gasteiger charge is -2.35. The SMILES string of the molecule is COc1cc([C@@H]2Nc3ccc4ncccc4c3C3=C2C(=O)CCC3)ccc1OC(=O)CCOc1ccc(C)cc1. The molecular formula is C33H30N2O5. The van der Waals surface area contributed by atoms with Crippen molar-refractivity contribution in [3.63, 3.8) is 0 Å². The molecule has 1 aliphatic carbocycles. The van der Waals surface area contributed by atoms with Crippen LogP contribution in [0, 0.1) is 6.92 Å². The van der Waals surface area contributed by atoms with Crippen molar-refractivity contribution < 1.29 is 23.8 Å². The van der Waals surface area contributed by atoms with Crippen molar-refractivity contribution in [2.24, 2.45) is 0 Å². The summed E-state index contributed by atoms with van der Waals surface area (Å²) in [6.07, 6.45) is 4.05. The van der Waals surface area contributed by atoms with Gasteiger partial charge in [-0.2, -0.15) is 0 Å². The van der Waals surface area contributed by atoms with Gasteiger partial charge in [0.25, 0.3) is 0 Å². The summed E-state index contributed by atoms with van der Waals surface area (Å²) in [6, 6.07) is 20.8.